The van der Waals surface area contributed by atoms with Crippen LogP contribution in [0.25, 0.3) is 0 Å². The molecule has 2 unspecified atom stereocenters. The summed E-state index contributed by atoms with van der Waals surface area (Å²) in [6.07, 6.45) is 10.3. The molecular formula is C67H114NO14PSi3. The summed E-state index contributed by atoms with van der Waals surface area (Å²) in [6.45, 7) is 30.0. The van der Waals surface area contributed by atoms with Crippen molar-refractivity contribution in [2.24, 2.45) is 0 Å². The molecule has 3 aromatic carbocycles. The lowest BCUT2D eigenvalue weighted by Gasteiger charge is -2.47. The number of hydrogen-bond donors (Lipinski definition) is 1. The molecular weight excluding hydrogens is 1160 g/mol. The van der Waals surface area contributed by atoms with Crippen LogP contribution in [0.1, 0.15) is 156 Å². The van der Waals surface area contributed by atoms with Crippen LogP contribution in [0.3, 0.4) is 0 Å². The highest BCUT2D eigenvalue weighted by atomic mass is 31.2. The largest absolute Gasteiger partial charge is 0.588 e. The molecule has 0 bridgehead atoms. The summed E-state index contributed by atoms with van der Waals surface area (Å²) < 4.78 is 87.7. The molecule has 1 N–H and O–H groups in total. The summed E-state index contributed by atoms with van der Waals surface area (Å²) in [4.78, 5) is 30.2. The lowest BCUT2D eigenvalue weighted by atomic mass is 9.96. The van der Waals surface area contributed by atoms with Gasteiger partial charge in [0.2, 0.25) is 5.91 Å². The lowest BCUT2D eigenvalue weighted by Crippen LogP contribution is -2.67. The Morgan fingerprint density at radius 1 is 0.605 bits per heavy atom. The van der Waals surface area contributed by atoms with Crippen LogP contribution in [-0.4, -0.2) is 113 Å². The first-order valence-electron chi connectivity index (χ1n) is 32.5. The first-order chi connectivity index (χ1) is 40.9. The van der Waals surface area contributed by atoms with Crippen LogP contribution in [0, 0.1) is 0 Å². The Morgan fingerprint density at radius 3 is 1.59 bits per heavy atom. The number of esters is 1. The maximum absolute atomic E-state index is 15.8. The van der Waals surface area contributed by atoms with Crippen molar-refractivity contribution in [3.8, 4) is 11.5 Å². The average Bonchev–Trinajstić information content (AvgIpc) is 1.08. The summed E-state index contributed by atoms with van der Waals surface area (Å²) in [5.41, 5.74) is 0.996. The molecule has 1 heterocycles. The van der Waals surface area contributed by atoms with Crippen molar-refractivity contribution in [2.45, 2.75) is 269 Å². The second-order valence-corrected chi connectivity index (χ2v) is 44.8. The summed E-state index contributed by atoms with van der Waals surface area (Å²) in [5.74, 6) is -0.607. The van der Waals surface area contributed by atoms with Gasteiger partial charge in [-0.05, 0) is 72.9 Å². The summed E-state index contributed by atoms with van der Waals surface area (Å²) in [7, 11) is -10.4. The number of rotatable bonds is 46. The number of phosphoric acid groups is 1. The van der Waals surface area contributed by atoms with Gasteiger partial charge in [0.25, 0.3) is 0 Å². The average molecular weight is 1270 g/mol. The second kappa shape index (κ2) is 39.8. The maximum atomic E-state index is 15.8. The van der Waals surface area contributed by atoms with E-state index in [2.05, 4.69) is 92.3 Å². The number of ether oxygens (including phenoxy) is 7. The van der Waals surface area contributed by atoms with E-state index in [1.807, 2.05) is 42.5 Å². The van der Waals surface area contributed by atoms with E-state index in [1.165, 1.54) is 38.5 Å². The number of hydrogen-bond acceptors (Lipinski definition) is 14. The van der Waals surface area contributed by atoms with E-state index in [-0.39, 0.29) is 62.1 Å². The van der Waals surface area contributed by atoms with E-state index in [1.54, 1.807) is 48.5 Å². The lowest BCUT2D eigenvalue weighted by molar-refractivity contribution is -0.269. The van der Waals surface area contributed by atoms with E-state index in [9.17, 15) is 0 Å². The summed E-state index contributed by atoms with van der Waals surface area (Å²) in [6, 6.07) is 27.6. The monoisotopic (exact) mass is 1270 g/mol. The Balaban J connectivity index is 1.83. The molecule has 86 heavy (non-hydrogen) atoms. The highest BCUT2D eigenvalue weighted by Gasteiger charge is 2.55. The number of carbonyl (C=O) groups is 2. The van der Waals surface area contributed by atoms with Crippen molar-refractivity contribution >= 4 is 44.2 Å². The molecule has 0 spiro atoms. The van der Waals surface area contributed by atoms with E-state index in [0.29, 0.717) is 26.1 Å². The van der Waals surface area contributed by atoms with Gasteiger partial charge in [-0.2, -0.15) is 0 Å². The molecule has 0 saturated carbocycles. The molecule has 3 aromatic rings. The predicted molar refractivity (Wildman–Crippen MR) is 354 cm³/mol. The fourth-order valence-corrected chi connectivity index (χ4v) is 13.4. The third-order valence-corrected chi connectivity index (χ3v) is 25.2. The minimum atomic E-state index is -4.78. The standard InChI is InChI=1S/C67H114NO14PSi3/c1-14-16-18-20-21-22-23-25-32-43-58(75-53-72-45-47-84(6,7)8)49-61(69)68-63-65(79-62(70)50-59(44-31-24-19-17-15-2)76-54-73-51-55-37-29-26-30-38-55)64(82-83(71,80-56-39-33-27-34-40-56)81-57-41-35-28-36-42-57)60(52-77-86(12,13)67(3,4)5)78-66(63)74-46-48-85(9,10)11/h26-30,33-42,58-60,63-66H,14-25,31-32,43-54H2,1-13H3,(H,68,69)/t58?,59?,60-,63-,64-,65-,66-/m1/s1. The second-order valence-electron chi connectivity index (χ2n) is 27.3. The molecule has 1 aliphatic rings. The quantitative estimate of drug-likeness (QED) is 0.0187. The Labute approximate surface area is 522 Å². The van der Waals surface area contributed by atoms with E-state index < -0.39 is 81.1 Å². The van der Waals surface area contributed by atoms with Crippen molar-refractivity contribution < 1.29 is 65.3 Å². The van der Waals surface area contributed by atoms with Crippen molar-refractivity contribution in [1.82, 2.24) is 5.32 Å². The highest BCUT2D eigenvalue weighted by molar-refractivity contribution is 7.49. The fraction of sp³-hybridized carbons (Fsp3) is 0.701. The van der Waals surface area contributed by atoms with Crippen LogP contribution in [0.5, 0.6) is 11.5 Å². The first-order valence-corrected chi connectivity index (χ1v) is 44.3. The van der Waals surface area contributed by atoms with Gasteiger partial charge in [-0.25, -0.2) is 4.57 Å². The zero-order chi connectivity index (χ0) is 62.9. The Kier molecular flexibility index (Phi) is 34.8. The molecule has 4 rings (SSSR count). The van der Waals surface area contributed by atoms with Gasteiger partial charge in [-0.3, -0.25) is 14.1 Å². The molecule has 1 saturated heterocycles. The van der Waals surface area contributed by atoms with E-state index in [0.717, 1.165) is 69.0 Å². The highest BCUT2D eigenvalue weighted by Crippen LogP contribution is 2.53. The zero-order valence-corrected chi connectivity index (χ0v) is 59.1. The van der Waals surface area contributed by atoms with Crippen LogP contribution < -0.4 is 14.4 Å². The van der Waals surface area contributed by atoms with Gasteiger partial charge in [0.1, 0.15) is 43.3 Å². The maximum Gasteiger partial charge on any atom is 0.588 e. The van der Waals surface area contributed by atoms with Gasteiger partial charge in [0.15, 0.2) is 20.7 Å². The third kappa shape index (κ3) is 31.5. The van der Waals surface area contributed by atoms with Crippen molar-refractivity contribution in [1.29, 1.82) is 0 Å². The SMILES string of the molecule is CCCCCCCCCCCC(CC(=O)N[C@H]1[C@H](OCC[Si](C)(C)C)O[C@H](CO[Si](C)(C)C(C)(C)C)[C@@H](OP(=O)(Oc2ccccc2)Oc2ccccc2)[C@@H]1OC(=O)CC(CCCCCCC)OCOCc1ccccc1)OCOCC[Si](C)(C)C. The minimum Gasteiger partial charge on any atom is -0.457 e. The molecule has 1 fully saturated rings. The fourth-order valence-electron chi connectivity index (χ4n) is 9.46. The molecule has 0 radical (unpaired) electrons. The van der Waals surface area contributed by atoms with Crippen molar-refractivity contribution in [3.63, 3.8) is 0 Å². The molecule has 19 heteroatoms. The number of carbonyl (C=O) groups excluding carboxylic acids is 2. The van der Waals surface area contributed by atoms with Gasteiger partial charge in [0, 0.05) is 29.4 Å². The van der Waals surface area contributed by atoms with Gasteiger partial charge in [-0.1, -0.05) is 231 Å². The Morgan fingerprint density at radius 2 is 1.08 bits per heavy atom. The van der Waals surface area contributed by atoms with Crippen LogP contribution >= 0.6 is 7.82 Å². The molecule has 1 aliphatic heterocycles. The number of phosphoric ester groups is 1. The zero-order valence-electron chi connectivity index (χ0n) is 55.2. The van der Waals surface area contributed by atoms with Crippen LogP contribution in [0.15, 0.2) is 91.0 Å². The van der Waals surface area contributed by atoms with Gasteiger partial charge >= 0.3 is 13.8 Å². The van der Waals surface area contributed by atoms with Crippen LogP contribution in [0.4, 0.5) is 0 Å². The Bertz CT molecular complexity index is 2280. The summed E-state index contributed by atoms with van der Waals surface area (Å²) in [5, 5.41) is 3.03. The number of benzene rings is 3. The van der Waals surface area contributed by atoms with E-state index in [4.69, 9.17) is 51.2 Å². The normalized spacial score (nSPS) is 18.5. The Hall–Kier alpha value is -3.24. The number of unbranched alkanes of at least 4 members (excludes halogenated alkanes) is 12. The molecule has 488 valence electrons. The van der Waals surface area contributed by atoms with Crippen LogP contribution in [0.2, 0.25) is 69.5 Å². The molecule has 7 atom stereocenters. The third-order valence-electron chi connectivity index (χ3n) is 15.9. The molecule has 0 aromatic heterocycles. The topological polar surface area (TPSA) is 165 Å². The minimum absolute atomic E-state index is 0.0275. The molecule has 15 nitrogen and oxygen atoms in total. The van der Waals surface area contributed by atoms with E-state index >= 15 is 14.2 Å². The van der Waals surface area contributed by atoms with Crippen molar-refractivity contribution in [2.75, 3.05) is 33.4 Å². The smallest absolute Gasteiger partial charge is 0.457 e. The van der Waals surface area contributed by atoms with Crippen LogP contribution in [-0.2, 0) is 62.9 Å². The van der Waals surface area contributed by atoms with Crippen molar-refractivity contribution in [3.05, 3.63) is 96.6 Å². The van der Waals surface area contributed by atoms with Gasteiger partial charge in [-0.15, -0.1) is 0 Å². The van der Waals surface area contributed by atoms with Gasteiger partial charge < -0.3 is 51.9 Å². The first kappa shape index (κ1) is 75.2. The number of nitrogens with one attached hydrogen (secondary N) is 1. The predicted octanol–water partition coefficient (Wildman–Crippen LogP) is 17.5. The number of amides is 1. The number of para-hydroxylation sites is 2. The molecule has 1 amide bonds. The van der Waals surface area contributed by atoms with Gasteiger partial charge in [0.05, 0.1) is 38.3 Å². The molecule has 0 aliphatic carbocycles. The summed E-state index contributed by atoms with van der Waals surface area (Å²) >= 11 is 0.